The van der Waals surface area contributed by atoms with Crippen LogP contribution >= 0.6 is 0 Å². The molecule has 0 saturated heterocycles. The van der Waals surface area contributed by atoms with Gasteiger partial charge in [-0.15, -0.1) is 0 Å². The molecule has 138 valence electrons. The van der Waals surface area contributed by atoms with Gasteiger partial charge in [0.1, 0.15) is 6.04 Å². The summed E-state index contributed by atoms with van der Waals surface area (Å²) in [4.78, 5) is 11.2. The third-order valence-electron chi connectivity index (χ3n) is 4.28. The summed E-state index contributed by atoms with van der Waals surface area (Å²) < 4.78 is 64.5. The Morgan fingerprint density at radius 1 is 1.04 bits per heavy atom. The van der Waals surface area contributed by atoms with Gasteiger partial charge in [-0.2, -0.15) is 17.5 Å². The molecular formula is C17H14F3NO4S. The lowest BCUT2D eigenvalue weighted by Gasteiger charge is -2.33. The second kappa shape index (κ2) is 6.40. The molecule has 1 atom stereocenters. The van der Waals surface area contributed by atoms with E-state index in [4.69, 9.17) is 0 Å². The maximum Gasteiger partial charge on any atom is 0.416 e. The van der Waals surface area contributed by atoms with Crippen LogP contribution in [-0.2, 0) is 34.0 Å². The van der Waals surface area contributed by atoms with Crippen molar-refractivity contribution in [2.45, 2.75) is 30.1 Å². The van der Waals surface area contributed by atoms with E-state index in [9.17, 15) is 31.5 Å². The Morgan fingerprint density at radius 3 is 2.15 bits per heavy atom. The average Bonchev–Trinajstić information content (AvgIpc) is 2.60. The SMILES string of the molecule is O=C(O)C1Cc2ccccc2CN1S(=O)(=O)c1ccc(C(F)(F)F)cc1. The van der Waals surface area contributed by atoms with Gasteiger partial charge in [0, 0.05) is 13.0 Å². The highest BCUT2D eigenvalue weighted by Crippen LogP contribution is 2.32. The number of carboxylic acid groups (broad SMARTS) is 1. The first-order valence-corrected chi connectivity index (χ1v) is 9.03. The second-order valence-corrected chi connectivity index (χ2v) is 7.79. The number of halogens is 3. The molecule has 0 fully saturated rings. The van der Waals surface area contributed by atoms with E-state index in [1.807, 2.05) is 0 Å². The Labute approximate surface area is 147 Å². The summed E-state index contributed by atoms with van der Waals surface area (Å²) in [5.41, 5.74) is 0.425. The summed E-state index contributed by atoms with van der Waals surface area (Å²) in [6.45, 7) is -0.156. The molecule has 1 N–H and O–H groups in total. The van der Waals surface area contributed by atoms with Crippen molar-refractivity contribution in [1.82, 2.24) is 4.31 Å². The van der Waals surface area contributed by atoms with Crippen LogP contribution in [-0.4, -0.2) is 29.8 Å². The first kappa shape index (κ1) is 18.4. The third kappa shape index (κ3) is 3.32. The Morgan fingerprint density at radius 2 is 1.62 bits per heavy atom. The average molecular weight is 385 g/mol. The molecule has 2 aromatic rings. The van der Waals surface area contributed by atoms with E-state index in [0.29, 0.717) is 17.7 Å². The highest BCUT2D eigenvalue weighted by molar-refractivity contribution is 7.89. The van der Waals surface area contributed by atoms with E-state index in [2.05, 4.69) is 0 Å². The number of nitrogens with zero attached hydrogens (tertiary/aromatic N) is 1. The normalized spacial score (nSPS) is 18.3. The van der Waals surface area contributed by atoms with Gasteiger partial charge in [-0.1, -0.05) is 24.3 Å². The van der Waals surface area contributed by atoms with Crippen molar-refractivity contribution in [3.05, 3.63) is 65.2 Å². The van der Waals surface area contributed by atoms with Crippen molar-refractivity contribution in [1.29, 1.82) is 0 Å². The number of hydrogen-bond acceptors (Lipinski definition) is 3. The molecule has 0 radical (unpaired) electrons. The first-order chi connectivity index (χ1) is 12.1. The van der Waals surface area contributed by atoms with E-state index in [1.165, 1.54) is 0 Å². The molecule has 3 rings (SSSR count). The van der Waals surface area contributed by atoms with Crippen molar-refractivity contribution in [3.63, 3.8) is 0 Å². The number of alkyl halides is 3. The summed E-state index contributed by atoms with van der Waals surface area (Å²) in [6.07, 6.45) is -4.60. The zero-order valence-corrected chi connectivity index (χ0v) is 14.1. The van der Waals surface area contributed by atoms with Gasteiger partial charge in [-0.25, -0.2) is 8.42 Å². The van der Waals surface area contributed by atoms with Gasteiger partial charge in [0.15, 0.2) is 0 Å². The second-order valence-electron chi connectivity index (χ2n) is 5.90. The van der Waals surface area contributed by atoms with E-state index >= 15 is 0 Å². The topological polar surface area (TPSA) is 74.7 Å². The molecule has 26 heavy (non-hydrogen) atoms. The zero-order valence-electron chi connectivity index (χ0n) is 13.3. The summed E-state index contributed by atoms with van der Waals surface area (Å²) in [7, 11) is -4.28. The number of carbonyl (C=O) groups is 1. The minimum Gasteiger partial charge on any atom is -0.480 e. The van der Waals surface area contributed by atoms with Crippen LogP contribution in [0.25, 0.3) is 0 Å². The standard InChI is InChI=1S/C17H14F3NO4S/c18-17(19,20)13-5-7-14(8-6-13)26(24,25)21-10-12-4-2-1-3-11(12)9-15(21)16(22)23/h1-8,15H,9-10H2,(H,22,23). The molecule has 1 aliphatic rings. The molecule has 5 nitrogen and oxygen atoms in total. The number of rotatable bonds is 3. The van der Waals surface area contributed by atoms with Crippen molar-refractivity contribution in [2.75, 3.05) is 0 Å². The zero-order chi connectivity index (χ0) is 19.1. The van der Waals surface area contributed by atoms with Gasteiger partial charge >= 0.3 is 12.1 Å². The number of sulfonamides is 1. The Balaban J connectivity index is 2.01. The van der Waals surface area contributed by atoms with Crippen molar-refractivity contribution >= 4 is 16.0 Å². The number of hydrogen-bond donors (Lipinski definition) is 1. The van der Waals surface area contributed by atoms with Gasteiger partial charge in [0.05, 0.1) is 10.5 Å². The molecular weight excluding hydrogens is 371 g/mol. The van der Waals surface area contributed by atoms with E-state index in [-0.39, 0.29) is 17.9 Å². The maximum atomic E-state index is 12.9. The van der Waals surface area contributed by atoms with Gasteiger partial charge in [0.25, 0.3) is 0 Å². The Bertz CT molecular complexity index is 939. The van der Waals surface area contributed by atoms with Crippen LogP contribution in [0.5, 0.6) is 0 Å². The number of benzene rings is 2. The predicted octanol–water partition coefficient (Wildman–Crippen LogP) is 2.91. The largest absolute Gasteiger partial charge is 0.480 e. The lowest BCUT2D eigenvalue weighted by atomic mass is 9.96. The highest BCUT2D eigenvalue weighted by atomic mass is 32.2. The minimum absolute atomic E-state index is 0.00856. The van der Waals surface area contributed by atoms with Crippen molar-refractivity contribution < 1.29 is 31.5 Å². The fourth-order valence-electron chi connectivity index (χ4n) is 2.91. The minimum atomic E-state index is -4.59. The van der Waals surface area contributed by atoms with Crippen LogP contribution in [0.15, 0.2) is 53.4 Å². The fraction of sp³-hybridized carbons (Fsp3) is 0.235. The quantitative estimate of drug-likeness (QED) is 0.882. The first-order valence-electron chi connectivity index (χ1n) is 7.59. The number of aliphatic carboxylic acids is 1. The molecule has 0 saturated carbocycles. The molecule has 0 aromatic heterocycles. The lowest BCUT2D eigenvalue weighted by Crippen LogP contribution is -2.48. The smallest absolute Gasteiger partial charge is 0.416 e. The van der Waals surface area contributed by atoms with Crippen molar-refractivity contribution in [3.8, 4) is 0 Å². The van der Waals surface area contributed by atoms with Crippen molar-refractivity contribution in [2.24, 2.45) is 0 Å². The fourth-order valence-corrected chi connectivity index (χ4v) is 4.47. The van der Waals surface area contributed by atoms with E-state index in [0.717, 1.165) is 22.0 Å². The highest BCUT2D eigenvalue weighted by Gasteiger charge is 2.40. The predicted molar refractivity (Wildman–Crippen MR) is 85.7 cm³/mol. The summed E-state index contributed by atoms with van der Waals surface area (Å²) >= 11 is 0. The third-order valence-corrected chi connectivity index (χ3v) is 6.15. The number of carboxylic acids is 1. The number of fused-ring (bicyclic) bond motifs is 1. The van der Waals surface area contributed by atoms with Crippen LogP contribution in [0, 0.1) is 0 Å². The van der Waals surface area contributed by atoms with Gasteiger partial charge in [-0.05, 0) is 35.4 Å². The Kier molecular flexibility index (Phi) is 4.53. The van der Waals surface area contributed by atoms with Crippen LogP contribution in [0.1, 0.15) is 16.7 Å². The Hall–Kier alpha value is -2.39. The van der Waals surface area contributed by atoms with Gasteiger partial charge in [-0.3, -0.25) is 4.79 Å². The van der Waals surface area contributed by atoms with Gasteiger partial charge in [0.2, 0.25) is 10.0 Å². The van der Waals surface area contributed by atoms with E-state index in [1.54, 1.807) is 24.3 Å². The molecule has 0 aliphatic carbocycles. The van der Waals surface area contributed by atoms with E-state index < -0.39 is 33.8 Å². The molecule has 0 amide bonds. The maximum absolute atomic E-state index is 12.9. The van der Waals surface area contributed by atoms with Crippen LogP contribution in [0.4, 0.5) is 13.2 Å². The lowest BCUT2D eigenvalue weighted by molar-refractivity contribution is -0.142. The van der Waals surface area contributed by atoms with Gasteiger partial charge < -0.3 is 5.11 Å². The van der Waals surface area contributed by atoms with Crippen LogP contribution in [0.2, 0.25) is 0 Å². The summed E-state index contributed by atoms with van der Waals surface area (Å²) in [6, 6.07) is 8.57. The van der Waals surface area contributed by atoms with Crippen LogP contribution in [0.3, 0.4) is 0 Å². The molecule has 1 aliphatic heterocycles. The molecule has 9 heteroatoms. The molecule has 1 unspecified atom stereocenters. The molecule has 2 aromatic carbocycles. The molecule has 0 bridgehead atoms. The molecule has 1 heterocycles. The summed E-state index contributed by atoms with van der Waals surface area (Å²) in [5, 5.41) is 9.44. The molecule has 0 spiro atoms. The van der Waals surface area contributed by atoms with Crippen LogP contribution < -0.4 is 0 Å². The summed E-state index contributed by atoms with van der Waals surface area (Å²) in [5.74, 6) is -1.31. The monoisotopic (exact) mass is 385 g/mol.